The van der Waals surface area contributed by atoms with E-state index in [1.54, 1.807) is 34.0 Å². The van der Waals surface area contributed by atoms with E-state index in [0.29, 0.717) is 0 Å². The molecule has 3 aromatic carbocycles. The van der Waals surface area contributed by atoms with Gasteiger partial charge in [-0.25, -0.2) is 0 Å². The van der Waals surface area contributed by atoms with Gasteiger partial charge in [0, 0.05) is 17.1 Å². The Kier molecular flexibility index (Phi) is 6.18. The quantitative estimate of drug-likeness (QED) is 0.198. The van der Waals surface area contributed by atoms with Crippen LogP contribution in [0.5, 0.6) is 0 Å². The van der Waals surface area contributed by atoms with Crippen LogP contribution in [0.25, 0.3) is 31.3 Å². The van der Waals surface area contributed by atoms with Crippen molar-refractivity contribution in [1.82, 2.24) is 0 Å². The largest absolute Gasteiger partial charge is 0.398 e. The number of anilines is 6. The van der Waals surface area contributed by atoms with E-state index in [0.717, 1.165) is 65.4 Å². The van der Waals surface area contributed by atoms with Gasteiger partial charge in [-0.05, 0) is 87.4 Å². The summed E-state index contributed by atoms with van der Waals surface area (Å²) < 4.78 is 0. The highest BCUT2D eigenvalue weighted by molar-refractivity contribution is 7.14. The molecule has 6 aromatic rings. The van der Waals surface area contributed by atoms with E-state index in [1.807, 2.05) is 34.3 Å². The molecular weight excluding hydrogens is 513 g/mol. The molecule has 0 amide bonds. The average Bonchev–Trinajstić information content (AvgIpc) is 3.67. The molecule has 7 heteroatoms. The summed E-state index contributed by atoms with van der Waals surface area (Å²) in [6, 6.07) is 31.5. The van der Waals surface area contributed by atoms with Crippen molar-refractivity contribution in [1.29, 1.82) is 0 Å². The Hall–Kier alpha value is -4.04. The van der Waals surface area contributed by atoms with Crippen LogP contribution in [0.1, 0.15) is 0 Å². The summed E-state index contributed by atoms with van der Waals surface area (Å²) in [5.41, 5.74) is 27.4. The molecule has 3 heterocycles. The number of nitrogens with zero attached hydrogens (tertiary/aromatic N) is 1. The van der Waals surface area contributed by atoms with E-state index in [4.69, 9.17) is 17.2 Å². The zero-order valence-corrected chi connectivity index (χ0v) is 22.2. The highest BCUT2D eigenvalue weighted by Crippen LogP contribution is 2.40. The van der Waals surface area contributed by atoms with E-state index >= 15 is 0 Å². The summed E-state index contributed by atoms with van der Waals surface area (Å²) >= 11 is 4.97. The molecule has 0 saturated carbocycles. The first kappa shape index (κ1) is 23.4. The number of hydrogen-bond donors (Lipinski definition) is 3. The minimum Gasteiger partial charge on any atom is -0.398 e. The number of nitrogen functional groups attached to an aromatic ring is 3. The average molecular weight is 537 g/mol. The van der Waals surface area contributed by atoms with Gasteiger partial charge in [-0.3, -0.25) is 0 Å². The Balaban J connectivity index is 1.40. The van der Waals surface area contributed by atoms with Gasteiger partial charge in [-0.2, -0.15) is 0 Å². The van der Waals surface area contributed by atoms with Gasteiger partial charge in [0.2, 0.25) is 0 Å². The zero-order chi connectivity index (χ0) is 25.4. The van der Waals surface area contributed by atoms with Crippen LogP contribution in [0.4, 0.5) is 34.1 Å². The maximum absolute atomic E-state index is 6.17. The first-order valence-electron chi connectivity index (χ1n) is 11.7. The van der Waals surface area contributed by atoms with Crippen LogP contribution < -0.4 is 22.1 Å². The van der Waals surface area contributed by atoms with Crippen molar-refractivity contribution in [2.45, 2.75) is 0 Å². The zero-order valence-electron chi connectivity index (χ0n) is 19.8. The monoisotopic (exact) mass is 536 g/mol. The fourth-order valence-corrected chi connectivity index (χ4v) is 6.88. The minimum atomic E-state index is 0.807. The van der Waals surface area contributed by atoms with Gasteiger partial charge in [0.05, 0.1) is 31.7 Å². The van der Waals surface area contributed by atoms with Crippen LogP contribution in [0.15, 0.2) is 107 Å². The van der Waals surface area contributed by atoms with Crippen molar-refractivity contribution in [3.05, 3.63) is 107 Å². The Morgan fingerprint density at radius 2 is 0.649 bits per heavy atom. The van der Waals surface area contributed by atoms with Crippen molar-refractivity contribution < 1.29 is 0 Å². The lowest BCUT2D eigenvalue weighted by molar-refractivity contribution is 1.28. The van der Waals surface area contributed by atoms with Crippen molar-refractivity contribution in [2.75, 3.05) is 22.1 Å². The SMILES string of the molecule is Nc1ccsc1-c1ccc(N(c2ccc(-c3sccc3N)cc2)c2ccc(-c3sccc3N)cc2)cc1. The second kappa shape index (κ2) is 9.78. The number of hydrogen-bond acceptors (Lipinski definition) is 7. The fourth-order valence-electron chi connectivity index (χ4n) is 4.39. The summed E-state index contributed by atoms with van der Waals surface area (Å²) in [6.45, 7) is 0. The molecule has 0 aliphatic rings. The lowest BCUT2D eigenvalue weighted by Crippen LogP contribution is -2.09. The van der Waals surface area contributed by atoms with Gasteiger partial charge in [-0.15, -0.1) is 34.0 Å². The summed E-state index contributed by atoms with van der Waals surface area (Å²) in [4.78, 5) is 5.53. The highest BCUT2D eigenvalue weighted by Gasteiger charge is 2.15. The third kappa shape index (κ3) is 4.49. The highest BCUT2D eigenvalue weighted by atomic mass is 32.1. The first-order chi connectivity index (χ1) is 18.1. The van der Waals surface area contributed by atoms with Crippen LogP contribution in [-0.2, 0) is 0 Å². The standard InChI is InChI=1S/C30H24N4S3/c31-25-13-16-35-28(25)19-1-7-22(8-2-19)34(23-9-3-20(4-10-23)29-26(32)14-17-36-29)24-11-5-21(6-12-24)30-27(33)15-18-37-30/h1-18H,31-33H2. The van der Waals surface area contributed by atoms with E-state index in [9.17, 15) is 0 Å². The van der Waals surface area contributed by atoms with E-state index < -0.39 is 0 Å². The van der Waals surface area contributed by atoms with Crippen LogP contribution in [-0.4, -0.2) is 0 Å². The molecular formula is C30H24N4S3. The van der Waals surface area contributed by atoms with Crippen LogP contribution in [0.3, 0.4) is 0 Å². The third-order valence-electron chi connectivity index (χ3n) is 6.25. The summed E-state index contributed by atoms with van der Waals surface area (Å²) in [5, 5.41) is 6.07. The Morgan fingerprint density at radius 3 is 0.865 bits per heavy atom. The van der Waals surface area contributed by atoms with Crippen molar-refractivity contribution in [3.63, 3.8) is 0 Å². The number of thiophene rings is 3. The van der Waals surface area contributed by atoms with E-state index in [2.05, 4.69) is 77.7 Å². The molecule has 0 atom stereocenters. The van der Waals surface area contributed by atoms with Crippen molar-refractivity contribution in [3.8, 4) is 31.3 Å². The molecule has 0 spiro atoms. The van der Waals surface area contributed by atoms with Gasteiger partial charge in [0.1, 0.15) is 0 Å². The van der Waals surface area contributed by atoms with Crippen LogP contribution >= 0.6 is 34.0 Å². The molecule has 0 bridgehead atoms. The minimum absolute atomic E-state index is 0.807. The van der Waals surface area contributed by atoms with E-state index in [1.165, 1.54) is 0 Å². The molecule has 0 aliphatic carbocycles. The molecule has 0 saturated heterocycles. The van der Waals surface area contributed by atoms with Gasteiger partial charge in [0.25, 0.3) is 0 Å². The molecule has 0 fully saturated rings. The fraction of sp³-hybridized carbons (Fsp3) is 0. The molecule has 4 nitrogen and oxygen atoms in total. The molecule has 6 N–H and O–H groups in total. The Labute approximate surface area is 227 Å². The smallest absolute Gasteiger partial charge is 0.0572 e. The molecule has 37 heavy (non-hydrogen) atoms. The molecule has 6 rings (SSSR count). The van der Waals surface area contributed by atoms with Crippen molar-refractivity contribution in [2.24, 2.45) is 0 Å². The predicted octanol–water partition coefficient (Wildman–Crippen LogP) is 9.09. The first-order valence-corrected chi connectivity index (χ1v) is 14.3. The molecule has 0 unspecified atom stereocenters. The topological polar surface area (TPSA) is 81.3 Å². The Morgan fingerprint density at radius 1 is 0.378 bits per heavy atom. The second-order valence-electron chi connectivity index (χ2n) is 8.59. The maximum atomic E-state index is 6.17. The number of benzene rings is 3. The maximum Gasteiger partial charge on any atom is 0.0572 e. The molecule has 0 aliphatic heterocycles. The van der Waals surface area contributed by atoms with Crippen molar-refractivity contribution >= 4 is 68.1 Å². The predicted molar refractivity (Wildman–Crippen MR) is 164 cm³/mol. The van der Waals surface area contributed by atoms with E-state index in [-0.39, 0.29) is 0 Å². The summed E-state index contributed by atoms with van der Waals surface area (Å²) in [7, 11) is 0. The van der Waals surface area contributed by atoms with Crippen LogP contribution in [0.2, 0.25) is 0 Å². The Bertz CT molecular complexity index is 1440. The lowest BCUT2D eigenvalue weighted by Gasteiger charge is -2.26. The van der Waals surface area contributed by atoms with Gasteiger partial charge in [-0.1, -0.05) is 36.4 Å². The summed E-state index contributed by atoms with van der Waals surface area (Å²) in [5.74, 6) is 0. The molecule has 182 valence electrons. The second-order valence-corrected chi connectivity index (χ2v) is 11.3. The van der Waals surface area contributed by atoms with Gasteiger partial charge in [0.15, 0.2) is 0 Å². The summed E-state index contributed by atoms with van der Waals surface area (Å²) in [6.07, 6.45) is 0. The third-order valence-corrected chi connectivity index (χ3v) is 9.19. The number of nitrogens with two attached hydrogens (primary N) is 3. The van der Waals surface area contributed by atoms with Gasteiger partial charge >= 0.3 is 0 Å². The molecule has 3 aromatic heterocycles. The normalized spacial score (nSPS) is 11.0. The lowest BCUT2D eigenvalue weighted by atomic mass is 10.1. The van der Waals surface area contributed by atoms with Crippen LogP contribution in [0, 0.1) is 0 Å². The molecule has 0 radical (unpaired) electrons. The van der Waals surface area contributed by atoms with Gasteiger partial charge < -0.3 is 22.1 Å². The number of rotatable bonds is 6.